The number of pyridine rings is 1. The molecule has 1 aliphatic rings. The van der Waals surface area contributed by atoms with Crippen molar-refractivity contribution in [3.63, 3.8) is 0 Å². The first-order valence-corrected chi connectivity index (χ1v) is 8.92. The van der Waals surface area contributed by atoms with E-state index in [1.165, 1.54) is 18.3 Å². The summed E-state index contributed by atoms with van der Waals surface area (Å²) in [5, 5.41) is 13.7. The second-order valence-electron chi connectivity index (χ2n) is 6.28. The van der Waals surface area contributed by atoms with Gasteiger partial charge in [0.25, 0.3) is 5.91 Å². The molecule has 2 aromatic rings. The highest BCUT2D eigenvalue weighted by atomic mass is 16.6. The fraction of sp³-hybridized carbons (Fsp3) is 0.368. The van der Waals surface area contributed by atoms with E-state index in [1.54, 1.807) is 0 Å². The third kappa shape index (κ3) is 4.48. The molecule has 148 valence electrons. The van der Waals surface area contributed by atoms with Gasteiger partial charge in [-0.15, -0.1) is 0 Å². The fourth-order valence-electron chi connectivity index (χ4n) is 2.93. The van der Waals surface area contributed by atoms with Crippen molar-refractivity contribution in [3.05, 3.63) is 51.7 Å². The largest absolute Gasteiger partial charge is 0.494 e. The lowest BCUT2D eigenvalue weighted by atomic mass is 10.1. The van der Waals surface area contributed by atoms with Gasteiger partial charge in [0.1, 0.15) is 23.8 Å². The Labute approximate surface area is 161 Å². The number of nitrogens with zero attached hydrogens (tertiary/aromatic N) is 2. The number of hydrogen-bond donors (Lipinski definition) is 1. The van der Waals surface area contributed by atoms with Crippen LogP contribution >= 0.6 is 0 Å². The molecule has 0 saturated carbocycles. The summed E-state index contributed by atoms with van der Waals surface area (Å²) in [4.78, 5) is 26.0. The maximum atomic E-state index is 12.1. The van der Waals surface area contributed by atoms with Gasteiger partial charge in [-0.2, -0.15) is 0 Å². The minimum absolute atomic E-state index is 0.0578. The number of hydrogen-bond acceptors (Lipinski definition) is 7. The molecule has 1 N–H and O–H groups in total. The molecule has 0 unspecified atom stereocenters. The summed E-state index contributed by atoms with van der Waals surface area (Å²) >= 11 is 0. The highest BCUT2D eigenvalue weighted by Crippen LogP contribution is 2.35. The molecule has 1 aromatic carbocycles. The normalized spacial score (nSPS) is 14.7. The molecule has 0 saturated heterocycles. The lowest BCUT2D eigenvalue weighted by molar-refractivity contribution is -0.390. The number of ether oxygens (including phenoxy) is 3. The maximum Gasteiger partial charge on any atom is 0.406 e. The van der Waals surface area contributed by atoms with Crippen molar-refractivity contribution < 1.29 is 23.9 Å². The summed E-state index contributed by atoms with van der Waals surface area (Å²) in [6, 6.07) is 6.71. The smallest absolute Gasteiger partial charge is 0.406 e. The number of nitro groups is 1. The van der Waals surface area contributed by atoms with Gasteiger partial charge in [0.05, 0.1) is 6.61 Å². The highest BCUT2D eigenvalue weighted by Gasteiger charge is 2.22. The Bertz CT molecular complexity index is 886. The Balaban J connectivity index is 1.62. The van der Waals surface area contributed by atoms with Crippen molar-refractivity contribution in [2.45, 2.75) is 32.9 Å². The molecule has 0 spiro atoms. The topological polar surface area (TPSA) is 113 Å². The second kappa shape index (κ2) is 8.55. The van der Waals surface area contributed by atoms with Crippen molar-refractivity contribution in [2.75, 3.05) is 13.2 Å². The van der Waals surface area contributed by atoms with Crippen LogP contribution in [0.5, 0.6) is 17.2 Å². The van der Waals surface area contributed by atoms with E-state index in [2.05, 4.69) is 10.3 Å². The van der Waals surface area contributed by atoms with Crippen molar-refractivity contribution >= 4 is 11.7 Å². The van der Waals surface area contributed by atoms with E-state index in [-0.39, 0.29) is 25.0 Å². The van der Waals surface area contributed by atoms with Crippen LogP contribution in [0.1, 0.15) is 25.0 Å². The number of amides is 1. The number of rotatable bonds is 8. The molecule has 2 heterocycles. The zero-order valence-corrected chi connectivity index (χ0v) is 15.6. The number of carbonyl (C=O) groups excluding carboxylic acids is 1. The van der Waals surface area contributed by atoms with E-state index in [9.17, 15) is 14.9 Å². The monoisotopic (exact) mass is 387 g/mol. The first-order chi connectivity index (χ1) is 13.5. The predicted molar refractivity (Wildman–Crippen MR) is 99.6 cm³/mol. The molecule has 28 heavy (non-hydrogen) atoms. The quantitative estimate of drug-likeness (QED) is 0.547. The standard InChI is InChI=1S/C19H21N3O6/c1-3-26-16-8-13-7-12(2)28-17(13)9-14(16)10-21-18(23)11-27-15-5-4-6-20-19(15)22(24)25/h4-6,8-9,12H,3,7,10-11H2,1-2H3,(H,21,23)/t12-/m1/s1. The van der Waals surface area contributed by atoms with Crippen molar-refractivity contribution in [3.8, 4) is 17.2 Å². The van der Waals surface area contributed by atoms with Crippen molar-refractivity contribution in [1.82, 2.24) is 10.3 Å². The van der Waals surface area contributed by atoms with Crippen LogP contribution in [0.15, 0.2) is 30.5 Å². The summed E-state index contributed by atoms with van der Waals surface area (Å²) in [5.41, 5.74) is 1.87. The predicted octanol–water partition coefficient (Wildman–Crippen LogP) is 2.41. The van der Waals surface area contributed by atoms with Gasteiger partial charge in [-0.05, 0) is 48.0 Å². The molecule has 3 rings (SSSR count). The van der Waals surface area contributed by atoms with Gasteiger partial charge >= 0.3 is 5.82 Å². The lowest BCUT2D eigenvalue weighted by Crippen LogP contribution is -2.28. The van der Waals surface area contributed by atoms with Gasteiger partial charge in [0, 0.05) is 24.1 Å². The zero-order chi connectivity index (χ0) is 20.1. The van der Waals surface area contributed by atoms with Crippen LogP contribution in [-0.4, -0.2) is 35.1 Å². The Kier molecular flexibility index (Phi) is 5.93. The SMILES string of the molecule is CCOc1cc2c(cc1CNC(=O)COc1cccnc1[N+](=O)[O-])O[C@H](C)C2. The van der Waals surface area contributed by atoms with Gasteiger partial charge in [-0.3, -0.25) is 4.79 Å². The molecular formula is C19H21N3O6. The van der Waals surface area contributed by atoms with Crippen LogP contribution in [0.3, 0.4) is 0 Å². The zero-order valence-electron chi connectivity index (χ0n) is 15.6. The highest BCUT2D eigenvalue weighted by molar-refractivity contribution is 5.77. The first kappa shape index (κ1) is 19.4. The van der Waals surface area contributed by atoms with Crippen LogP contribution in [0.25, 0.3) is 0 Å². The molecule has 0 fully saturated rings. The summed E-state index contributed by atoms with van der Waals surface area (Å²) in [6.07, 6.45) is 2.22. The maximum absolute atomic E-state index is 12.1. The molecule has 1 aliphatic heterocycles. The fourth-order valence-corrected chi connectivity index (χ4v) is 2.93. The summed E-state index contributed by atoms with van der Waals surface area (Å²) in [6.45, 7) is 4.25. The second-order valence-corrected chi connectivity index (χ2v) is 6.28. The number of benzene rings is 1. The average molecular weight is 387 g/mol. The Morgan fingerprint density at radius 2 is 2.21 bits per heavy atom. The number of aromatic nitrogens is 1. The molecule has 9 nitrogen and oxygen atoms in total. The molecule has 9 heteroatoms. The van der Waals surface area contributed by atoms with Crippen molar-refractivity contribution in [1.29, 1.82) is 0 Å². The van der Waals surface area contributed by atoms with E-state index in [0.29, 0.717) is 12.4 Å². The third-order valence-corrected chi connectivity index (χ3v) is 4.14. The van der Waals surface area contributed by atoms with Crippen molar-refractivity contribution in [2.24, 2.45) is 0 Å². The van der Waals surface area contributed by atoms with E-state index >= 15 is 0 Å². The van der Waals surface area contributed by atoms with Gasteiger partial charge < -0.3 is 29.6 Å². The Morgan fingerprint density at radius 3 is 2.96 bits per heavy atom. The van der Waals surface area contributed by atoms with Crippen LogP contribution in [0, 0.1) is 10.1 Å². The minimum Gasteiger partial charge on any atom is -0.494 e. The molecule has 1 amide bonds. The van der Waals surface area contributed by atoms with E-state index in [4.69, 9.17) is 14.2 Å². The van der Waals surface area contributed by atoms with Crippen LogP contribution < -0.4 is 19.5 Å². The molecule has 0 radical (unpaired) electrons. The first-order valence-electron chi connectivity index (χ1n) is 8.92. The van der Waals surface area contributed by atoms with E-state index in [1.807, 2.05) is 26.0 Å². The Morgan fingerprint density at radius 1 is 1.39 bits per heavy atom. The molecule has 1 aromatic heterocycles. The summed E-state index contributed by atoms with van der Waals surface area (Å²) < 4.78 is 16.7. The van der Waals surface area contributed by atoms with E-state index < -0.39 is 16.6 Å². The lowest BCUT2D eigenvalue weighted by Gasteiger charge is -2.13. The Hall–Kier alpha value is -3.36. The van der Waals surface area contributed by atoms with Crippen LogP contribution in [0.4, 0.5) is 5.82 Å². The van der Waals surface area contributed by atoms with Crippen LogP contribution in [-0.2, 0) is 17.8 Å². The molecule has 0 bridgehead atoms. The third-order valence-electron chi connectivity index (χ3n) is 4.14. The van der Waals surface area contributed by atoms with Gasteiger partial charge in [-0.1, -0.05) is 0 Å². The van der Waals surface area contributed by atoms with Gasteiger partial charge in [0.15, 0.2) is 6.61 Å². The summed E-state index contributed by atoms with van der Waals surface area (Å²) in [5.74, 6) is 0.581. The molecule has 1 atom stereocenters. The minimum atomic E-state index is -0.660. The number of carbonyl (C=O) groups is 1. The molecule has 0 aliphatic carbocycles. The van der Waals surface area contributed by atoms with Gasteiger partial charge in [-0.25, -0.2) is 0 Å². The van der Waals surface area contributed by atoms with Crippen LogP contribution in [0.2, 0.25) is 0 Å². The number of fused-ring (bicyclic) bond motifs is 1. The number of nitrogens with one attached hydrogen (secondary N) is 1. The average Bonchev–Trinajstić information content (AvgIpc) is 3.03. The summed E-state index contributed by atoms with van der Waals surface area (Å²) in [7, 11) is 0. The van der Waals surface area contributed by atoms with E-state index in [0.717, 1.165) is 23.3 Å². The molecular weight excluding hydrogens is 366 g/mol. The van der Waals surface area contributed by atoms with Gasteiger partial charge in [0.2, 0.25) is 5.75 Å².